The number of rotatable bonds is 5. The van der Waals surface area contributed by atoms with E-state index in [2.05, 4.69) is 15.9 Å². The number of carboxylic acids is 1. The standard InChI is InChI=1S/C15H9BrI2O4/c16-10-3-1-8(2-4-10)13(19)7-22-14-11(17)5-9(15(20)21)6-12(14)18/h1-6H,7H2,(H,20,21). The molecule has 0 atom stereocenters. The summed E-state index contributed by atoms with van der Waals surface area (Å²) in [6.07, 6.45) is 0. The lowest BCUT2D eigenvalue weighted by Crippen LogP contribution is -2.13. The smallest absolute Gasteiger partial charge is 0.335 e. The molecule has 4 nitrogen and oxygen atoms in total. The molecule has 0 amide bonds. The highest BCUT2D eigenvalue weighted by Crippen LogP contribution is 2.29. The zero-order valence-electron chi connectivity index (χ0n) is 11.0. The van der Waals surface area contributed by atoms with Crippen molar-refractivity contribution in [3.8, 4) is 5.75 Å². The van der Waals surface area contributed by atoms with Crippen molar-refractivity contribution >= 4 is 72.9 Å². The number of hydrogen-bond acceptors (Lipinski definition) is 3. The predicted molar refractivity (Wildman–Crippen MR) is 103 cm³/mol. The molecule has 0 unspecified atom stereocenters. The molecular formula is C15H9BrI2O4. The SMILES string of the molecule is O=C(O)c1cc(I)c(OCC(=O)c2ccc(Br)cc2)c(I)c1. The van der Waals surface area contributed by atoms with Gasteiger partial charge in [0.05, 0.1) is 12.7 Å². The van der Waals surface area contributed by atoms with Gasteiger partial charge in [0, 0.05) is 10.0 Å². The molecule has 0 aliphatic carbocycles. The third-order valence-corrected chi connectivity index (χ3v) is 4.89. The minimum Gasteiger partial charge on any atom is -0.483 e. The van der Waals surface area contributed by atoms with Gasteiger partial charge in [0.25, 0.3) is 0 Å². The number of Topliss-reactive ketones (excluding diaryl/α,β-unsaturated/α-hetero) is 1. The number of ether oxygens (including phenoxy) is 1. The Balaban J connectivity index is 2.13. The summed E-state index contributed by atoms with van der Waals surface area (Å²) in [4.78, 5) is 23.1. The Morgan fingerprint density at radius 1 is 1.05 bits per heavy atom. The van der Waals surface area contributed by atoms with Gasteiger partial charge in [-0.2, -0.15) is 0 Å². The van der Waals surface area contributed by atoms with Crippen LogP contribution in [-0.2, 0) is 0 Å². The fourth-order valence-corrected chi connectivity index (χ4v) is 4.02. The third kappa shape index (κ3) is 4.42. The topological polar surface area (TPSA) is 63.6 Å². The molecule has 0 aromatic heterocycles. The number of hydrogen-bond donors (Lipinski definition) is 1. The van der Waals surface area contributed by atoms with Gasteiger partial charge in [-0.15, -0.1) is 0 Å². The van der Waals surface area contributed by atoms with E-state index in [1.165, 1.54) is 12.1 Å². The molecule has 2 aromatic rings. The number of carbonyl (C=O) groups is 2. The Morgan fingerprint density at radius 3 is 2.09 bits per heavy atom. The molecule has 0 heterocycles. The molecule has 0 saturated carbocycles. The second-order valence-electron chi connectivity index (χ2n) is 4.29. The molecule has 114 valence electrons. The molecular weight excluding hydrogens is 578 g/mol. The second-order valence-corrected chi connectivity index (χ2v) is 7.53. The van der Waals surface area contributed by atoms with Gasteiger partial charge in [0.2, 0.25) is 0 Å². The van der Waals surface area contributed by atoms with Crippen LogP contribution in [0.15, 0.2) is 40.9 Å². The highest BCUT2D eigenvalue weighted by Gasteiger charge is 2.14. The first-order chi connectivity index (χ1) is 10.4. The Labute approximate surface area is 162 Å². The summed E-state index contributed by atoms with van der Waals surface area (Å²) in [6.45, 7) is -0.0972. The molecule has 2 aromatic carbocycles. The molecule has 0 spiro atoms. The fraction of sp³-hybridized carbons (Fsp3) is 0.0667. The summed E-state index contributed by atoms with van der Waals surface area (Å²) in [6, 6.07) is 10.1. The van der Waals surface area contributed by atoms with Crippen LogP contribution in [0.2, 0.25) is 0 Å². The lowest BCUT2D eigenvalue weighted by Gasteiger charge is -2.11. The van der Waals surface area contributed by atoms with Crippen LogP contribution >= 0.6 is 61.1 Å². The maximum atomic E-state index is 12.1. The summed E-state index contributed by atoms with van der Waals surface area (Å²) in [7, 11) is 0. The van der Waals surface area contributed by atoms with Crippen LogP contribution in [-0.4, -0.2) is 23.5 Å². The van der Waals surface area contributed by atoms with Crippen LogP contribution in [0.3, 0.4) is 0 Å². The molecule has 2 rings (SSSR count). The van der Waals surface area contributed by atoms with E-state index in [9.17, 15) is 9.59 Å². The maximum Gasteiger partial charge on any atom is 0.335 e. The first-order valence-electron chi connectivity index (χ1n) is 6.02. The minimum absolute atomic E-state index is 0.0972. The second kappa shape index (κ2) is 7.73. The Hall–Kier alpha value is -0.680. The average Bonchev–Trinajstić information content (AvgIpc) is 2.46. The molecule has 7 heteroatoms. The fourth-order valence-electron chi connectivity index (χ4n) is 1.68. The normalized spacial score (nSPS) is 10.3. The largest absolute Gasteiger partial charge is 0.483 e. The number of carboxylic acid groups (broad SMARTS) is 1. The zero-order chi connectivity index (χ0) is 16.3. The minimum atomic E-state index is -0.992. The van der Waals surface area contributed by atoms with E-state index in [0.29, 0.717) is 18.5 Å². The molecule has 0 aliphatic rings. The molecule has 0 radical (unpaired) electrons. The zero-order valence-corrected chi connectivity index (χ0v) is 16.9. The number of ketones is 1. The summed E-state index contributed by atoms with van der Waals surface area (Å²) in [5.41, 5.74) is 0.760. The van der Waals surface area contributed by atoms with E-state index in [-0.39, 0.29) is 18.0 Å². The first kappa shape index (κ1) is 17.7. The van der Waals surface area contributed by atoms with Crippen molar-refractivity contribution in [3.05, 3.63) is 59.1 Å². The number of carbonyl (C=O) groups excluding carboxylic acids is 1. The van der Waals surface area contributed by atoms with Crippen molar-refractivity contribution in [2.24, 2.45) is 0 Å². The van der Waals surface area contributed by atoms with Crippen molar-refractivity contribution in [3.63, 3.8) is 0 Å². The number of halogens is 3. The Morgan fingerprint density at radius 2 is 1.59 bits per heavy atom. The van der Waals surface area contributed by atoms with Crippen molar-refractivity contribution in [1.29, 1.82) is 0 Å². The van der Waals surface area contributed by atoms with Crippen LogP contribution in [0.4, 0.5) is 0 Å². The van der Waals surface area contributed by atoms with E-state index in [1.807, 2.05) is 45.2 Å². The Kier molecular flexibility index (Phi) is 6.21. The molecule has 0 saturated heterocycles. The average molecular weight is 587 g/mol. The van der Waals surface area contributed by atoms with Crippen LogP contribution in [0.1, 0.15) is 20.7 Å². The van der Waals surface area contributed by atoms with E-state index >= 15 is 0 Å². The van der Waals surface area contributed by atoms with Gasteiger partial charge in [0.1, 0.15) is 5.75 Å². The lowest BCUT2D eigenvalue weighted by atomic mass is 10.1. The first-order valence-corrected chi connectivity index (χ1v) is 8.97. The Bertz CT molecular complexity index is 706. The van der Waals surface area contributed by atoms with Gasteiger partial charge in [-0.1, -0.05) is 28.1 Å². The van der Waals surface area contributed by atoms with E-state index in [4.69, 9.17) is 9.84 Å². The quantitative estimate of drug-likeness (QED) is 0.410. The molecule has 0 fully saturated rings. The summed E-state index contributed by atoms with van der Waals surface area (Å²) < 4.78 is 7.80. The molecule has 1 N–H and O–H groups in total. The molecule has 0 aliphatic heterocycles. The highest BCUT2D eigenvalue weighted by molar-refractivity contribution is 14.1. The van der Waals surface area contributed by atoms with E-state index in [1.54, 1.807) is 24.3 Å². The van der Waals surface area contributed by atoms with Crippen molar-refractivity contribution in [2.75, 3.05) is 6.61 Å². The van der Waals surface area contributed by atoms with Crippen molar-refractivity contribution in [2.45, 2.75) is 0 Å². The third-order valence-electron chi connectivity index (χ3n) is 2.76. The number of benzene rings is 2. The van der Waals surface area contributed by atoms with Gasteiger partial charge >= 0.3 is 5.97 Å². The summed E-state index contributed by atoms with van der Waals surface area (Å²) in [5, 5.41) is 9.01. The monoisotopic (exact) mass is 586 g/mol. The van der Waals surface area contributed by atoms with E-state index in [0.717, 1.165) is 4.47 Å². The van der Waals surface area contributed by atoms with Crippen LogP contribution in [0.5, 0.6) is 5.75 Å². The summed E-state index contributed by atoms with van der Waals surface area (Å²) >= 11 is 7.32. The van der Waals surface area contributed by atoms with E-state index < -0.39 is 5.97 Å². The van der Waals surface area contributed by atoms with Crippen molar-refractivity contribution in [1.82, 2.24) is 0 Å². The van der Waals surface area contributed by atoms with Gasteiger partial charge in [0.15, 0.2) is 12.4 Å². The van der Waals surface area contributed by atoms with Crippen LogP contribution in [0.25, 0.3) is 0 Å². The summed E-state index contributed by atoms with van der Waals surface area (Å²) in [5.74, 6) is -0.605. The maximum absolute atomic E-state index is 12.1. The van der Waals surface area contributed by atoms with Gasteiger partial charge in [-0.25, -0.2) is 4.79 Å². The highest BCUT2D eigenvalue weighted by atomic mass is 127. The van der Waals surface area contributed by atoms with Crippen LogP contribution in [0, 0.1) is 7.14 Å². The van der Waals surface area contributed by atoms with Crippen molar-refractivity contribution < 1.29 is 19.4 Å². The molecule has 22 heavy (non-hydrogen) atoms. The van der Waals surface area contributed by atoms with Gasteiger partial charge in [-0.05, 0) is 69.4 Å². The van der Waals surface area contributed by atoms with Gasteiger partial charge in [-0.3, -0.25) is 4.79 Å². The predicted octanol–water partition coefficient (Wildman–Crippen LogP) is 4.62. The molecule has 0 bridgehead atoms. The van der Waals surface area contributed by atoms with Crippen LogP contribution < -0.4 is 4.74 Å². The van der Waals surface area contributed by atoms with Gasteiger partial charge < -0.3 is 9.84 Å². The number of aromatic carboxylic acids is 1. The lowest BCUT2D eigenvalue weighted by molar-refractivity contribution is 0.0696.